The molecule has 0 saturated heterocycles. The van der Waals surface area contributed by atoms with Crippen LogP contribution in [0.3, 0.4) is 0 Å². The first-order valence-electron chi connectivity index (χ1n) is 8.04. The van der Waals surface area contributed by atoms with E-state index in [2.05, 4.69) is 23.8 Å². The van der Waals surface area contributed by atoms with Crippen LogP contribution in [0.25, 0.3) is 10.2 Å². The van der Waals surface area contributed by atoms with Crippen molar-refractivity contribution in [3.63, 3.8) is 0 Å². The summed E-state index contributed by atoms with van der Waals surface area (Å²) in [5, 5.41) is 4.20. The summed E-state index contributed by atoms with van der Waals surface area (Å²) in [5.41, 5.74) is 1.91. The molecule has 4 rings (SSSR count). The van der Waals surface area contributed by atoms with Crippen molar-refractivity contribution in [2.45, 2.75) is 49.1 Å². The third kappa shape index (κ3) is 3.68. The lowest BCUT2D eigenvalue weighted by atomic mass is 9.98. The van der Waals surface area contributed by atoms with Crippen molar-refractivity contribution in [3.05, 3.63) is 27.0 Å². The molecule has 5 nitrogen and oxygen atoms in total. The van der Waals surface area contributed by atoms with E-state index in [1.54, 1.807) is 17.5 Å². The maximum atomic E-state index is 12.5. The number of hydrogen-bond donors (Lipinski definition) is 0. The molecule has 0 aliphatic carbocycles. The topological polar surface area (TPSA) is 65.0 Å². The molecule has 0 unspecified atom stereocenters. The van der Waals surface area contributed by atoms with Crippen LogP contribution in [0, 0.1) is 0 Å². The lowest BCUT2D eigenvalue weighted by Crippen LogP contribution is -2.30. The fourth-order valence-corrected chi connectivity index (χ4v) is 6.26. The number of nitrogens with zero attached hydrogens (tertiary/aromatic N) is 3. The Balaban J connectivity index is 1.71. The molecule has 136 valence electrons. The Morgan fingerprint density at radius 3 is 2.96 bits per heavy atom. The van der Waals surface area contributed by atoms with Gasteiger partial charge in [0.1, 0.15) is 10.0 Å². The molecule has 1 aliphatic heterocycles. The van der Waals surface area contributed by atoms with Crippen molar-refractivity contribution >= 4 is 61.5 Å². The molecular weight excluding hydrogens is 406 g/mol. The minimum absolute atomic E-state index is 0.0509. The molecule has 0 bridgehead atoms. The minimum atomic E-state index is -0.169. The van der Waals surface area contributed by atoms with Crippen LogP contribution in [0.1, 0.15) is 29.3 Å². The molecule has 3 aromatic rings. The maximum absolute atomic E-state index is 12.5. The summed E-state index contributed by atoms with van der Waals surface area (Å²) in [6.45, 7) is 4.77. The summed E-state index contributed by atoms with van der Waals surface area (Å²) in [6, 6.07) is 0. The van der Waals surface area contributed by atoms with Gasteiger partial charge in [-0.3, -0.25) is 4.79 Å². The second kappa shape index (κ2) is 7.20. The number of aromatic nitrogens is 3. The first-order chi connectivity index (χ1) is 12.4. The minimum Gasteiger partial charge on any atom is -0.370 e. The number of hydrogen-bond acceptors (Lipinski definition) is 9. The largest absolute Gasteiger partial charge is 0.370 e. The molecule has 0 fully saturated rings. The second-order valence-corrected chi connectivity index (χ2v) is 10.4. The van der Waals surface area contributed by atoms with Crippen molar-refractivity contribution < 1.29 is 9.53 Å². The normalized spacial score (nSPS) is 16.0. The predicted octanol–water partition coefficient (Wildman–Crippen LogP) is 4.58. The molecule has 0 aromatic carbocycles. The number of thioether (sulfide) groups is 2. The summed E-state index contributed by atoms with van der Waals surface area (Å²) in [5.74, 6) is 0. The Bertz CT molecular complexity index is 966. The smallest absolute Gasteiger partial charge is 0.202 e. The van der Waals surface area contributed by atoms with E-state index in [1.165, 1.54) is 39.7 Å². The zero-order chi connectivity index (χ0) is 18.3. The molecule has 0 radical (unpaired) electrons. The molecule has 26 heavy (non-hydrogen) atoms. The Morgan fingerprint density at radius 1 is 1.38 bits per heavy atom. The van der Waals surface area contributed by atoms with Gasteiger partial charge in [-0.15, -0.1) is 22.7 Å². The van der Waals surface area contributed by atoms with Gasteiger partial charge < -0.3 is 4.74 Å². The number of rotatable bonds is 4. The van der Waals surface area contributed by atoms with Gasteiger partial charge in [-0.2, -0.15) is 0 Å². The van der Waals surface area contributed by atoms with E-state index in [1.807, 2.05) is 11.6 Å². The van der Waals surface area contributed by atoms with E-state index >= 15 is 0 Å². The molecule has 0 N–H and O–H groups in total. The van der Waals surface area contributed by atoms with Gasteiger partial charge in [0.15, 0.2) is 5.16 Å². The van der Waals surface area contributed by atoms with Crippen LogP contribution in [-0.4, -0.2) is 31.9 Å². The second-order valence-electron chi connectivity index (χ2n) is 6.50. The van der Waals surface area contributed by atoms with E-state index in [9.17, 15) is 4.79 Å². The summed E-state index contributed by atoms with van der Waals surface area (Å²) in [7, 11) is 0. The van der Waals surface area contributed by atoms with Crippen molar-refractivity contribution in [3.8, 4) is 0 Å². The van der Waals surface area contributed by atoms with Crippen molar-refractivity contribution in [2.24, 2.45) is 0 Å². The van der Waals surface area contributed by atoms with Gasteiger partial charge >= 0.3 is 0 Å². The molecule has 3 aromatic heterocycles. The third-order valence-electron chi connectivity index (χ3n) is 4.03. The van der Waals surface area contributed by atoms with Gasteiger partial charge in [-0.25, -0.2) is 15.0 Å². The van der Waals surface area contributed by atoms with Gasteiger partial charge in [0.2, 0.25) is 5.12 Å². The summed E-state index contributed by atoms with van der Waals surface area (Å²) < 4.78 is 6.97. The molecule has 4 heterocycles. The molecule has 1 aliphatic rings. The highest BCUT2D eigenvalue weighted by Gasteiger charge is 2.31. The highest BCUT2D eigenvalue weighted by atomic mass is 32.2. The van der Waals surface area contributed by atoms with Crippen molar-refractivity contribution in [1.29, 1.82) is 0 Å². The van der Waals surface area contributed by atoms with Gasteiger partial charge in [-0.05, 0) is 31.9 Å². The molecule has 0 atom stereocenters. The van der Waals surface area contributed by atoms with Gasteiger partial charge in [-0.1, -0.05) is 11.8 Å². The molecular formula is C17H17N3O2S4. The van der Waals surface area contributed by atoms with Crippen LogP contribution in [0.5, 0.6) is 0 Å². The van der Waals surface area contributed by atoms with Crippen LogP contribution in [-0.2, 0) is 29.0 Å². The van der Waals surface area contributed by atoms with E-state index in [-0.39, 0.29) is 10.7 Å². The molecule has 0 saturated carbocycles. The first kappa shape index (κ1) is 18.4. The monoisotopic (exact) mass is 423 g/mol. The number of carbonyl (C=O) groups excluding carboxylic acids is 1. The highest BCUT2D eigenvalue weighted by molar-refractivity contribution is 8.13. The summed E-state index contributed by atoms with van der Waals surface area (Å²) >= 11 is 5.88. The highest BCUT2D eigenvalue weighted by Crippen LogP contribution is 2.42. The number of fused-ring (bicyclic) bond motifs is 3. The van der Waals surface area contributed by atoms with Crippen LogP contribution in [0.2, 0.25) is 0 Å². The molecule has 0 amide bonds. The predicted molar refractivity (Wildman–Crippen MR) is 108 cm³/mol. The van der Waals surface area contributed by atoms with E-state index in [4.69, 9.17) is 9.72 Å². The number of thiophene rings is 1. The standard InChI is InChI=1S/C17H17N3O2S4/c1-17(2)7-10-9(8-22-17)13-14(25-10)15(20-16(19-13)23-3)26-12(21)6-11-18-4-5-24-11/h4-5H,6-8H2,1-3H3. The number of carbonyl (C=O) groups is 1. The van der Waals surface area contributed by atoms with E-state index in [0.29, 0.717) is 18.2 Å². The average Bonchev–Trinajstić information content (AvgIpc) is 3.20. The number of thiazole rings is 1. The van der Waals surface area contributed by atoms with Crippen LogP contribution < -0.4 is 0 Å². The lowest BCUT2D eigenvalue weighted by molar-refractivity contribution is -0.110. The van der Waals surface area contributed by atoms with Crippen molar-refractivity contribution in [1.82, 2.24) is 15.0 Å². The van der Waals surface area contributed by atoms with Gasteiger partial charge in [0.05, 0.1) is 28.8 Å². The average molecular weight is 424 g/mol. The molecule has 9 heteroatoms. The van der Waals surface area contributed by atoms with Crippen LogP contribution in [0.15, 0.2) is 21.8 Å². The van der Waals surface area contributed by atoms with E-state index in [0.717, 1.165) is 32.2 Å². The Kier molecular flexibility index (Phi) is 5.08. The summed E-state index contributed by atoms with van der Waals surface area (Å²) in [6.07, 6.45) is 4.85. The first-order valence-corrected chi connectivity index (χ1v) is 11.8. The molecule has 0 spiro atoms. The number of ether oxygens (including phenoxy) is 1. The zero-order valence-electron chi connectivity index (χ0n) is 14.6. The van der Waals surface area contributed by atoms with Crippen molar-refractivity contribution in [2.75, 3.05) is 6.26 Å². The van der Waals surface area contributed by atoms with Crippen LogP contribution in [0.4, 0.5) is 0 Å². The van der Waals surface area contributed by atoms with Gasteiger partial charge in [0, 0.05) is 28.4 Å². The fourth-order valence-electron chi connectivity index (χ4n) is 2.79. The SMILES string of the molecule is CSc1nc(SC(=O)Cc2nccs2)c2sc3c(c2n1)COC(C)(C)C3. The maximum Gasteiger partial charge on any atom is 0.202 e. The summed E-state index contributed by atoms with van der Waals surface area (Å²) in [4.78, 5) is 27.3. The Morgan fingerprint density at radius 2 is 2.23 bits per heavy atom. The quantitative estimate of drug-likeness (QED) is 0.346. The fraction of sp³-hybridized carbons (Fsp3) is 0.412. The lowest BCUT2D eigenvalue weighted by Gasteiger charge is -2.29. The Hall–Kier alpha value is -1.00. The zero-order valence-corrected chi connectivity index (χ0v) is 17.8. The Labute approximate surface area is 168 Å². The van der Waals surface area contributed by atoms with Crippen LogP contribution >= 0.6 is 46.2 Å². The van der Waals surface area contributed by atoms with E-state index < -0.39 is 0 Å². The van der Waals surface area contributed by atoms with Gasteiger partial charge in [0.25, 0.3) is 0 Å². The third-order valence-corrected chi connectivity index (χ3v) is 7.57.